The summed E-state index contributed by atoms with van der Waals surface area (Å²) < 4.78 is 1.29. The Morgan fingerprint density at radius 3 is 2.33 bits per heavy atom. The molecule has 66 valence electrons. The topological polar surface area (TPSA) is 12.0 Å². The fraction of sp³-hybridized carbons (Fsp3) is 0.400. The van der Waals surface area contributed by atoms with Gasteiger partial charge in [0, 0.05) is 9.61 Å². The van der Waals surface area contributed by atoms with Crippen LogP contribution in [0.25, 0.3) is 0 Å². The lowest BCUT2D eigenvalue weighted by molar-refractivity contribution is 0.577. The van der Waals surface area contributed by atoms with Crippen LogP contribution in [0.5, 0.6) is 0 Å². The molecule has 1 N–H and O–H groups in total. The number of halogens is 1. The smallest absolute Gasteiger partial charge is 0.0314 e. The van der Waals surface area contributed by atoms with Crippen molar-refractivity contribution < 1.29 is 0 Å². The zero-order valence-electron chi connectivity index (χ0n) is 7.47. The van der Waals surface area contributed by atoms with Gasteiger partial charge in [0.1, 0.15) is 0 Å². The second-order valence-electron chi connectivity index (χ2n) is 2.80. The molecule has 0 saturated carbocycles. The van der Waals surface area contributed by atoms with Crippen molar-refractivity contribution in [2.75, 3.05) is 7.05 Å². The van der Waals surface area contributed by atoms with E-state index in [1.54, 1.807) is 0 Å². The van der Waals surface area contributed by atoms with Crippen molar-refractivity contribution in [3.8, 4) is 0 Å². The molecular formula is C10H14IN. The van der Waals surface area contributed by atoms with Gasteiger partial charge in [-0.25, -0.2) is 0 Å². The third-order valence-corrected chi connectivity index (χ3v) is 2.75. The molecule has 1 unspecified atom stereocenters. The van der Waals surface area contributed by atoms with Gasteiger partial charge in [0.2, 0.25) is 0 Å². The van der Waals surface area contributed by atoms with Gasteiger partial charge in [-0.2, -0.15) is 0 Å². The van der Waals surface area contributed by atoms with Crippen molar-refractivity contribution in [1.82, 2.24) is 5.32 Å². The standard InChI is InChI=1S/C10H14IN/c1-3-10(12-2)8-4-6-9(11)7-5-8/h4-7,10,12H,3H2,1-2H3. The maximum Gasteiger partial charge on any atom is 0.0314 e. The molecule has 1 aromatic carbocycles. The molecule has 0 aliphatic rings. The first-order valence-corrected chi connectivity index (χ1v) is 5.28. The van der Waals surface area contributed by atoms with Gasteiger partial charge in [-0.05, 0) is 53.8 Å². The Balaban J connectivity index is 2.80. The van der Waals surface area contributed by atoms with E-state index in [9.17, 15) is 0 Å². The van der Waals surface area contributed by atoms with Gasteiger partial charge in [-0.3, -0.25) is 0 Å². The Bertz CT molecular complexity index is 226. The lowest BCUT2D eigenvalue weighted by atomic mass is 10.1. The van der Waals surface area contributed by atoms with Crippen LogP contribution in [0.1, 0.15) is 24.9 Å². The summed E-state index contributed by atoms with van der Waals surface area (Å²) in [5.41, 5.74) is 1.38. The van der Waals surface area contributed by atoms with E-state index in [-0.39, 0.29) is 0 Å². The van der Waals surface area contributed by atoms with Crippen LogP contribution >= 0.6 is 22.6 Å². The largest absolute Gasteiger partial charge is 0.313 e. The highest BCUT2D eigenvalue weighted by Crippen LogP contribution is 2.16. The van der Waals surface area contributed by atoms with Crippen LogP contribution in [0.4, 0.5) is 0 Å². The highest BCUT2D eigenvalue weighted by molar-refractivity contribution is 14.1. The van der Waals surface area contributed by atoms with E-state index in [1.165, 1.54) is 9.13 Å². The number of hydrogen-bond acceptors (Lipinski definition) is 1. The van der Waals surface area contributed by atoms with Gasteiger partial charge in [-0.1, -0.05) is 19.1 Å². The van der Waals surface area contributed by atoms with Crippen LogP contribution < -0.4 is 5.32 Å². The van der Waals surface area contributed by atoms with Gasteiger partial charge in [0.05, 0.1) is 0 Å². The molecule has 0 aromatic heterocycles. The minimum atomic E-state index is 0.502. The van der Waals surface area contributed by atoms with Gasteiger partial charge in [0.15, 0.2) is 0 Å². The number of hydrogen-bond donors (Lipinski definition) is 1. The van der Waals surface area contributed by atoms with Crippen molar-refractivity contribution >= 4 is 22.6 Å². The molecule has 0 aliphatic heterocycles. The summed E-state index contributed by atoms with van der Waals surface area (Å²) in [5.74, 6) is 0. The first kappa shape index (κ1) is 9.99. The second-order valence-corrected chi connectivity index (χ2v) is 4.05. The van der Waals surface area contributed by atoms with E-state index < -0.39 is 0 Å². The third kappa shape index (κ3) is 2.45. The maximum absolute atomic E-state index is 3.29. The molecule has 0 aliphatic carbocycles. The third-order valence-electron chi connectivity index (χ3n) is 2.03. The van der Waals surface area contributed by atoms with Gasteiger partial charge < -0.3 is 5.32 Å². The van der Waals surface area contributed by atoms with Crippen LogP contribution in [0, 0.1) is 3.57 Å². The molecule has 0 amide bonds. The Morgan fingerprint density at radius 1 is 1.33 bits per heavy atom. The molecule has 1 aromatic rings. The Labute approximate surface area is 87.7 Å². The van der Waals surface area contributed by atoms with E-state index in [4.69, 9.17) is 0 Å². The molecule has 1 atom stereocenters. The van der Waals surface area contributed by atoms with Crippen LogP contribution in [0.3, 0.4) is 0 Å². The molecule has 1 rings (SSSR count). The number of benzene rings is 1. The fourth-order valence-electron chi connectivity index (χ4n) is 1.30. The average molecular weight is 275 g/mol. The predicted octanol–water partition coefficient (Wildman–Crippen LogP) is 2.96. The summed E-state index contributed by atoms with van der Waals surface area (Å²) in [4.78, 5) is 0. The highest BCUT2D eigenvalue weighted by atomic mass is 127. The van der Waals surface area contributed by atoms with Crippen molar-refractivity contribution in [2.45, 2.75) is 19.4 Å². The molecule has 0 radical (unpaired) electrons. The minimum Gasteiger partial charge on any atom is -0.313 e. The van der Waals surface area contributed by atoms with Crippen molar-refractivity contribution in [1.29, 1.82) is 0 Å². The summed E-state index contributed by atoms with van der Waals surface area (Å²) in [5, 5.41) is 3.29. The molecule has 0 spiro atoms. The zero-order chi connectivity index (χ0) is 8.97. The summed E-state index contributed by atoms with van der Waals surface area (Å²) in [6, 6.07) is 9.17. The fourth-order valence-corrected chi connectivity index (χ4v) is 1.66. The summed E-state index contributed by atoms with van der Waals surface area (Å²) in [7, 11) is 2.01. The lowest BCUT2D eigenvalue weighted by Crippen LogP contribution is -2.14. The Hall–Kier alpha value is -0.0900. The van der Waals surface area contributed by atoms with E-state index in [2.05, 4.69) is 59.1 Å². The first-order chi connectivity index (χ1) is 5.77. The van der Waals surface area contributed by atoms with Gasteiger partial charge in [0.25, 0.3) is 0 Å². The number of nitrogens with one attached hydrogen (secondary N) is 1. The maximum atomic E-state index is 3.29. The summed E-state index contributed by atoms with van der Waals surface area (Å²) >= 11 is 2.32. The van der Waals surface area contributed by atoms with Crippen LogP contribution in [-0.4, -0.2) is 7.05 Å². The molecule has 12 heavy (non-hydrogen) atoms. The Kier molecular flexibility index (Phi) is 4.01. The van der Waals surface area contributed by atoms with E-state index in [0.717, 1.165) is 6.42 Å². The average Bonchev–Trinajstić information content (AvgIpc) is 2.10. The van der Waals surface area contributed by atoms with E-state index in [0.29, 0.717) is 6.04 Å². The SMILES string of the molecule is CCC(NC)c1ccc(I)cc1. The van der Waals surface area contributed by atoms with Crippen molar-refractivity contribution in [3.63, 3.8) is 0 Å². The molecule has 2 heteroatoms. The molecular weight excluding hydrogens is 261 g/mol. The molecule has 0 fully saturated rings. The number of rotatable bonds is 3. The predicted molar refractivity (Wildman–Crippen MR) is 61.3 cm³/mol. The lowest BCUT2D eigenvalue weighted by Gasteiger charge is -2.13. The molecule has 0 bridgehead atoms. The van der Waals surface area contributed by atoms with Crippen LogP contribution in [0.2, 0.25) is 0 Å². The first-order valence-electron chi connectivity index (χ1n) is 4.20. The monoisotopic (exact) mass is 275 g/mol. The van der Waals surface area contributed by atoms with E-state index in [1.807, 2.05) is 7.05 Å². The molecule has 1 nitrogen and oxygen atoms in total. The second kappa shape index (κ2) is 4.82. The van der Waals surface area contributed by atoms with Crippen LogP contribution in [0.15, 0.2) is 24.3 Å². The van der Waals surface area contributed by atoms with E-state index >= 15 is 0 Å². The highest BCUT2D eigenvalue weighted by Gasteiger charge is 2.04. The normalized spacial score (nSPS) is 12.9. The molecule has 0 saturated heterocycles. The van der Waals surface area contributed by atoms with Crippen molar-refractivity contribution in [2.24, 2.45) is 0 Å². The minimum absolute atomic E-state index is 0.502. The summed E-state index contributed by atoms with van der Waals surface area (Å²) in [6.07, 6.45) is 1.14. The molecule has 0 heterocycles. The van der Waals surface area contributed by atoms with Crippen LogP contribution in [-0.2, 0) is 0 Å². The van der Waals surface area contributed by atoms with Gasteiger partial charge >= 0.3 is 0 Å². The quantitative estimate of drug-likeness (QED) is 0.836. The van der Waals surface area contributed by atoms with Crippen molar-refractivity contribution in [3.05, 3.63) is 33.4 Å². The zero-order valence-corrected chi connectivity index (χ0v) is 9.63. The summed E-state index contributed by atoms with van der Waals surface area (Å²) in [6.45, 7) is 2.19. The van der Waals surface area contributed by atoms with Gasteiger partial charge in [-0.15, -0.1) is 0 Å². The Morgan fingerprint density at radius 2 is 1.92 bits per heavy atom.